The van der Waals surface area contributed by atoms with Gasteiger partial charge in [0.15, 0.2) is 11.5 Å². The van der Waals surface area contributed by atoms with Crippen molar-refractivity contribution in [2.45, 2.75) is 40.0 Å². The minimum atomic E-state index is -0.549. The summed E-state index contributed by atoms with van der Waals surface area (Å²) in [6, 6.07) is 4.56. The van der Waals surface area contributed by atoms with E-state index in [1.54, 1.807) is 19.1 Å². The van der Waals surface area contributed by atoms with E-state index in [0.717, 1.165) is 0 Å². The molecule has 0 aliphatic carbocycles. The second-order valence-corrected chi connectivity index (χ2v) is 7.57. The van der Waals surface area contributed by atoms with E-state index >= 15 is 0 Å². The Morgan fingerprint density at radius 1 is 1.30 bits per heavy atom. The highest BCUT2D eigenvalue weighted by Gasteiger charge is 2.28. The van der Waals surface area contributed by atoms with Crippen LogP contribution in [-0.4, -0.2) is 34.1 Å². The van der Waals surface area contributed by atoms with E-state index in [1.165, 1.54) is 13.0 Å². The maximum absolute atomic E-state index is 11.8. The van der Waals surface area contributed by atoms with Crippen LogP contribution in [0.4, 0.5) is 5.69 Å². The van der Waals surface area contributed by atoms with Crippen LogP contribution in [0, 0.1) is 17.0 Å². The van der Waals surface area contributed by atoms with E-state index in [0.29, 0.717) is 28.4 Å². The van der Waals surface area contributed by atoms with Gasteiger partial charge in [-0.2, -0.15) is 0 Å². The summed E-state index contributed by atoms with van der Waals surface area (Å²) in [6.45, 7) is 4.79. The first-order valence-corrected chi connectivity index (χ1v) is 10.3. The van der Waals surface area contributed by atoms with E-state index in [9.17, 15) is 20.0 Å². The second kappa shape index (κ2) is 10.4. The number of halogens is 1. The molecule has 30 heavy (non-hydrogen) atoms. The van der Waals surface area contributed by atoms with Crippen molar-refractivity contribution in [1.82, 2.24) is 0 Å². The molecule has 9 heteroatoms. The van der Waals surface area contributed by atoms with Gasteiger partial charge in [-0.25, -0.2) is 0 Å². The number of aliphatic hydroxyl groups is 1. The van der Waals surface area contributed by atoms with Gasteiger partial charge >= 0.3 is 5.69 Å². The van der Waals surface area contributed by atoms with Crippen molar-refractivity contribution in [2.75, 3.05) is 13.2 Å². The number of nitro groups is 1. The van der Waals surface area contributed by atoms with Crippen LogP contribution in [0.2, 0.25) is 0 Å². The molecule has 0 aliphatic rings. The molecule has 8 nitrogen and oxygen atoms in total. The van der Waals surface area contributed by atoms with E-state index in [-0.39, 0.29) is 59.7 Å². The van der Waals surface area contributed by atoms with Crippen LogP contribution in [0.1, 0.15) is 48.2 Å². The fourth-order valence-electron chi connectivity index (χ4n) is 3.01. The van der Waals surface area contributed by atoms with Crippen molar-refractivity contribution < 1.29 is 29.4 Å². The van der Waals surface area contributed by atoms with Gasteiger partial charge in [-0.1, -0.05) is 13.3 Å². The highest BCUT2D eigenvalue weighted by atomic mass is 79.9. The Balaban J connectivity index is 2.64. The number of nitrogens with zero attached hydrogens (tertiary/aromatic N) is 1. The number of ether oxygens (including phenoxy) is 2. The number of carbonyl (C=O) groups is 1. The quantitative estimate of drug-likeness (QED) is 0.210. The Morgan fingerprint density at radius 3 is 2.57 bits per heavy atom. The highest BCUT2D eigenvalue weighted by Crippen LogP contribution is 2.48. The third kappa shape index (κ3) is 5.09. The van der Waals surface area contributed by atoms with Crippen molar-refractivity contribution >= 4 is 27.4 Å². The molecule has 0 heterocycles. The molecule has 0 amide bonds. The first-order valence-electron chi connectivity index (χ1n) is 9.47. The normalized spacial score (nSPS) is 10.7. The van der Waals surface area contributed by atoms with Gasteiger partial charge < -0.3 is 19.7 Å². The Kier molecular flexibility index (Phi) is 8.19. The molecule has 0 spiro atoms. The number of nitro benzene ring substituents is 1. The van der Waals surface area contributed by atoms with Gasteiger partial charge in [-0.3, -0.25) is 14.9 Å². The first-order chi connectivity index (χ1) is 14.2. The van der Waals surface area contributed by atoms with Gasteiger partial charge in [0.1, 0.15) is 11.5 Å². The molecule has 2 aromatic carbocycles. The topological polar surface area (TPSA) is 119 Å². The lowest BCUT2D eigenvalue weighted by atomic mass is 10.0. The van der Waals surface area contributed by atoms with E-state index < -0.39 is 4.92 Å². The minimum Gasteiger partial charge on any atom is -0.507 e. The van der Waals surface area contributed by atoms with Crippen LogP contribution in [0.5, 0.6) is 23.0 Å². The molecule has 2 aromatic rings. The van der Waals surface area contributed by atoms with Crippen molar-refractivity contribution in [3.8, 4) is 23.0 Å². The van der Waals surface area contributed by atoms with Gasteiger partial charge in [0.25, 0.3) is 0 Å². The lowest BCUT2D eigenvalue weighted by Gasteiger charge is -2.18. The fraction of sp³-hybridized carbons (Fsp3) is 0.381. The molecule has 0 saturated heterocycles. The van der Waals surface area contributed by atoms with Gasteiger partial charge in [-0.15, -0.1) is 0 Å². The van der Waals surface area contributed by atoms with Crippen LogP contribution >= 0.6 is 15.9 Å². The molecule has 2 N–H and O–H groups in total. The number of aryl methyl sites for hydroxylation is 1. The molecule has 0 fully saturated rings. The molecule has 0 saturated carbocycles. The molecular formula is C21H24BrNO7. The van der Waals surface area contributed by atoms with Crippen molar-refractivity contribution in [3.05, 3.63) is 49.5 Å². The number of aliphatic hydroxyl groups excluding tert-OH is 1. The number of ketones is 1. The minimum absolute atomic E-state index is 0.0555. The van der Waals surface area contributed by atoms with E-state index in [1.807, 2.05) is 6.92 Å². The molecule has 0 aliphatic heterocycles. The zero-order valence-corrected chi connectivity index (χ0v) is 18.6. The summed E-state index contributed by atoms with van der Waals surface area (Å²) in [5.74, 6) is -0.167. The SMILES string of the molecule is CCCc1c(Oc2c(Br)cc(C)c([N+](=O)[O-])c2OCCCO)ccc(C(C)=O)c1O. The standard InChI is InChI=1S/C21H24BrNO7/c1-4-6-15-17(8-7-14(13(3)25)19(15)26)30-20-16(22)11-12(2)18(23(27)28)21(20)29-10-5-9-24/h7-8,11,24,26H,4-6,9-10H2,1-3H3. The van der Waals surface area contributed by atoms with Crippen LogP contribution < -0.4 is 9.47 Å². The number of phenols is 1. The summed E-state index contributed by atoms with van der Waals surface area (Å²) in [7, 11) is 0. The third-order valence-electron chi connectivity index (χ3n) is 4.42. The number of carbonyl (C=O) groups excluding carboxylic acids is 1. The molecule has 162 valence electrons. The van der Waals surface area contributed by atoms with Gasteiger partial charge in [0.2, 0.25) is 5.75 Å². The maximum atomic E-state index is 11.8. The Hall–Kier alpha value is -2.65. The van der Waals surface area contributed by atoms with E-state index in [2.05, 4.69) is 15.9 Å². The number of aromatic hydroxyl groups is 1. The molecule has 0 radical (unpaired) electrons. The predicted octanol–water partition coefficient (Wildman–Crippen LogP) is 5.08. The largest absolute Gasteiger partial charge is 0.507 e. The molecular weight excluding hydrogens is 458 g/mol. The zero-order valence-electron chi connectivity index (χ0n) is 17.0. The summed E-state index contributed by atoms with van der Waals surface area (Å²) in [6.07, 6.45) is 1.41. The number of benzene rings is 2. The van der Waals surface area contributed by atoms with Crippen molar-refractivity contribution in [2.24, 2.45) is 0 Å². The lowest BCUT2D eigenvalue weighted by Crippen LogP contribution is -2.06. The van der Waals surface area contributed by atoms with Crippen LogP contribution in [-0.2, 0) is 6.42 Å². The predicted molar refractivity (Wildman–Crippen MR) is 115 cm³/mol. The number of phenolic OH excluding ortho intramolecular Hbond substituents is 1. The molecule has 0 atom stereocenters. The van der Waals surface area contributed by atoms with Gasteiger partial charge in [0.05, 0.1) is 21.6 Å². The molecule has 0 unspecified atom stereocenters. The van der Waals surface area contributed by atoms with Crippen LogP contribution in [0.3, 0.4) is 0 Å². The summed E-state index contributed by atoms with van der Waals surface area (Å²) in [4.78, 5) is 22.9. The van der Waals surface area contributed by atoms with Crippen LogP contribution in [0.15, 0.2) is 22.7 Å². The Labute approximate surface area is 182 Å². The van der Waals surface area contributed by atoms with Crippen molar-refractivity contribution in [1.29, 1.82) is 0 Å². The fourth-order valence-corrected chi connectivity index (χ4v) is 3.62. The summed E-state index contributed by atoms with van der Waals surface area (Å²) < 4.78 is 12.1. The third-order valence-corrected chi connectivity index (χ3v) is 5.01. The number of hydrogen-bond donors (Lipinski definition) is 2. The van der Waals surface area contributed by atoms with Crippen LogP contribution in [0.25, 0.3) is 0 Å². The smallest absolute Gasteiger partial charge is 0.317 e. The first kappa shape index (κ1) is 23.6. The number of rotatable bonds is 10. The van der Waals surface area contributed by atoms with Gasteiger partial charge in [-0.05, 0) is 54.4 Å². The van der Waals surface area contributed by atoms with Crippen molar-refractivity contribution in [3.63, 3.8) is 0 Å². The number of hydrogen-bond acceptors (Lipinski definition) is 7. The summed E-state index contributed by atoms with van der Waals surface area (Å²) >= 11 is 3.37. The Morgan fingerprint density at radius 2 is 2.00 bits per heavy atom. The second-order valence-electron chi connectivity index (χ2n) is 6.71. The molecule has 2 rings (SSSR count). The summed E-state index contributed by atoms with van der Waals surface area (Å²) in [5, 5.41) is 31.3. The Bertz CT molecular complexity index is 959. The zero-order chi connectivity index (χ0) is 22.4. The molecule has 0 bridgehead atoms. The average molecular weight is 482 g/mol. The molecule has 0 aromatic heterocycles. The average Bonchev–Trinajstić information content (AvgIpc) is 2.66. The summed E-state index contributed by atoms with van der Waals surface area (Å²) in [5.41, 5.74) is 0.746. The number of Topliss-reactive ketones (excluding diaryl/α,β-unsaturated/α-hetero) is 1. The van der Waals surface area contributed by atoms with E-state index in [4.69, 9.17) is 14.6 Å². The van der Waals surface area contributed by atoms with Gasteiger partial charge in [0, 0.05) is 24.2 Å². The maximum Gasteiger partial charge on any atom is 0.317 e. The highest BCUT2D eigenvalue weighted by molar-refractivity contribution is 9.10. The lowest BCUT2D eigenvalue weighted by molar-refractivity contribution is -0.386. The monoisotopic (exact) mass is 481 g/mol.